The molecule has 0 spiro atoms. The van der Waals surface area contributed by atoms with E-state index < -0.39 is 0 Å². The zero-order valence-corrected chi connectivity index (χ0v) is 33.9. The van der Waals surface area contributed by atoms with Crippen molar-refractivity contribution >= 4 is 0 Å². The molecule has 0 saturated carbocycles. The monoisotopic (exact) mass is 712 g/mol. The van der Waals surface area contributed by atoms with Crippen LogP contribution in [0.2, 0.25) is 0 Å². The molecule has 0 unspecified atom stereocenters. The third-order valence-corrected chi connectivity index (χ3v) is 8.04. The molecule has 2 rings (SSSR count). The SMILES string of the molecule is CC(=CC=C/C(C)=C/C=C/C=C(\C)C=CC=C(C)/C=C/C1=C(C)[CH-]CCC1(C)C)/C=C/C1=C(C)[CH-]CCC1(C)C.[Y].[Y]. The van der Waals surface area contributed by atoms with Gasteiger partial charge in [-0.3, -0.25) is 0 Å². The summed E-state index contributed by atoms with van der Waals surface area (Å²) in [4.78, 5) is 0. The Morgan fingerprint density at radius 3 is 1.17 bits per heavy atom. The minimum atomic E-state index is 0. The average Bonchev–Trinajstić information content (AvgIpc) is 2.85. The van der Waals surface area contributed by atoms with Gasteiger partial charge in [0.1, 0.15) is 0 Å². The fourth-order valence-corrected chi connectivity index (χ4v) is 5.34. The molecule has 2 heteroatoms. The Bertz CT molecular complexity index is 1130. The quantitative estimate of drug-likeness (QED) is 0.156. The van der Waals surface area contributed by atoms with Gasteiger partial charge < -0.3 is 0 Å². The van der Waals surface area contributed by atoms with Crippen LogP contribution in [0.15, 0.2) is 130 Å². The zero-order valence-electron chi connectivity index (χ0n) is 28.2. The number of hydrogen-bond donors (Lipinski definition) is 0. The van der Waals surface area contributed by atoms with E-state index in [4.69, 9.17) is 0 Å². The fourth-order valence-electron chi connectivity index (χ4n) is 5.34. The van der Waals surface area contributed by atoms with Crippen molar-refractivity contribution in [3.05, 3.63) is 142 Å². The topological polar surface area (TPSA) is 0 Å². The van der Waals surface area contributed by atoms with E-state index in [1.54, 1.807) is 0 Å². The second-order valence-electron chi connectivity index (χ2n) is 12.9. The molecular weight excluding hydrogens is 658 g/mol. The summed E-state index contributed by atoms with van der Waals surface area (Å²) in [6.07, 6.45) is 40.1. The first-order chi connectivity index (χ1) is 18.8. The molecular formula is C40H54Y2-2. The van der Waals surface area contributed by atoms with Crippen LogP contribution in [0.4, 0.5) is 0 Å². The number of hydrogen-bond acceptors (Lipinski definition) is 0. The summed E-state index contributed by atoms with van der Waals surface area (Å²) in [5, 5.41) is 0. The van der Waals surface area contributed by atoms with Gasteiger partial charge in [0, 0.05) is 65.4 Å². The molecule has 0 aromatic carbocycles. The summed E-state index contributed by atoms with van der Waals surface area (Å²) in [6.45, 7) is 22.5. The fraction of sp³-hybridized carbons (Fsp3) is 0.400. The van der Waals surface area contributed by atoms with Crippen LogP contribution in [0.25, 0.3) is 0 Å². The molecule has 222 valence electrons. The molecule has 2 aliphatic carbocycles. The number of rotatable bonds is 10. The average molecular weight is 713 g/mol. The minimum absolute atomic E-state index is 0. The maximum absolute atomic E-state index is 2.37. The zero-order chi connectivity index (χ0) is 29.8. The van der Waals surface area contributed by atoms with Crippen molar-refractivity contribution < 1.29 is 65.4 Å². The molecule has 0 N–H and O–H groups in total. The Balaban J connectivity index is 0.00000840. The molecule has 0 bridgehead atoms. The van der Waals surface area contributed by atoms with Crippen LogP contribution in [0.5, 0.6) is 0 Å². The predicted octanol–water partition coefficient (Wildman–Crippen LogP) is 12.2. The van der Waals surface area contributed by atoms with Crippen molar-refractivity contribution in [3.8, 4) is 0 Å². The molecule has 2 radical (unpaired) electrons. The first-order valence-corrected chi connectivity index (χ1v) is 15.0. The maximum Gasteiger partial charge on any atom is 0 e. The Kier molecular flexibility index (Phi) is 19.7. The third-order valence-electron chi connectivity index (χ3n) is 8.04. The van der Waals surface area contributed by atoms with E-state index >= 15 is 0 Å². The smallest absolute Gasteiger partial charge is 0 e. The van der Waals surface area contributed by atoms with Gasteiger partial charge in [-0.1, -0.05) is 160 Å². The molecule has 0 atom stereocenters. The second kappa shape index (κ2) is 20.2. The predicted molar refractivity (Wildman–Crippen MR) is 181 cm³/mol. The van der Waals surface area contributed by atoms with Gasteiger partial charge >= 0.3 is 0 Å². The molecule has 42 heavy (non-hydrogen) atoms. The van der Waals surface area contributed by atoms with Crippen molar-refractivity contribution in [1.29, 1.82) is 0 Å². The molecule has 0 saturated heterocycles. The van der Waals surface area contributed by atoms with Crippen LogP contribution in [-0.4, -0.2) is 0 Å². The van der Waals surface area contributed by atoms with E-state index in [1.807, 2.05) is 0 Å². The van der Waals surface area contributed by atoms with E-state index in [0.29, 0.717) is 0 Å². The Morgan fingerprint density at radius 1 is 0.524 bits per heavy atom. The van der Waals surface area contributed by atoms with E-state index in [-0.39, 0.29) is 76.2 Å². The van der Waals surface area contributed by atoms with Gasteiger partial charge in [0.15, 0.2) is 0 Å². The van der Waals surface area contributed by atoms with Crippen molar-refractivity contribution in [2.75, 3.05) is 0 Å². The van der Waals surface area contributed by atoms with Gasteiger partial charge in [-0.15, -0.1) is 25.0 Å². The summed E-state index contributed by atoms with van der Waals surface area (Å²) < 4.78 is 0. The Labute approximate surface area is 310 Å². The first-order valence-electron chi connectivity index (χ1n) is 15.0. The molecule has 0 heterocycles. The second-order valence-corrected chi connectivity index (χ2v) is 12.9. The molecule has 0 nitrogen and oxygen atoms in total. The van der Waals surface area contributed by atoms with Crippen molar-refractivity contribution in [3.63, 3.8) is 0 Å². The van der Waals surface area contributed by atoms with Crippen LogP contribution >= 0.6 is 0 Å². The molecule has 0 aromatic heterocycles. The minimum Gasteiger partial charge on any atom is -0.227 e. The number of allylic oxidation sites excluding steroid dienone is 22. The normalized spacial score (nSPS) is 20.5. The van der Waals surface area contributed by atoms with E-state index in [0.717, 1.165) is 0 Å². The van der Waals surface area contributed by atoms with Crippen LogP contribution in [-0.2, 0) is 65.4 Å². The molecule has 0 aliphatic heterocycles. The van der Waals surface area contributed by atoms with Crippen LogP contribution in [0.1, 0.15) is 94.9 Å². The van der Waals surface area contributed by atoms with Crippen LogP contribution < -0.4 is 0 Å². The summed E-state index contributed by atoms with van der Waals surface area (Å²) in [7, 11) is 0. The first kappa shape index (κ1) is 41.1. The van der Waals surface area contributed by atoms with E-state index in [9.17, 15) is 0 Å². The van der Waals surface area contributed by atoms with Gasteiger partial charge in [-0.05, 0) is 27.7 Å². The standard InChI is InChI=1S/C40H54.2Y/c1-31(19-13-21-33(3)25-27-37-35(5)23-15-29-39(37,7)8)17-11-12-18-32(2)20-14-22-34(4)26-28-38-36(6)24-16-30-40(38,9)10;;/h11-14,17-28H,15-16,29-30H2,1-10H3;;/q-2;;/b12-11+,19-13?,20-14?,27-25+,28-26+,31-17+,32-18+,33-21?,34-22?;;. The Morgan fingerprint density at radius 2 is 0.833 bits per heavy atom. The van der Waals surface area contributed by atoms with Gasteiger partial charge in [0.25, 0.3) is 0 Å². The van der Waals surface area contributed by atoms with Gasteiger partial charge in [-0.25, -0.2) is 24.0 Å². The maximum atomic E-state index is 2.37. The molecule has 2 aliphatic rings. The van der Waals surface area contributed by atoms with Crippen molar-refractivity contribution in [2.24, 2.45) is 10.8 Å². The van der Waals surface area contributed by atoms with E-state index in [1.165, 1.54) is 70.3 Å². The summed E-state index contributed by atoms with van der Waals surface area (Å²) in [5.74, 6) is 0. The summed E-state index contributed by atoms with van der Waals surface area (Å²) >= 11 is 0. The van der Waals surface area contributed by atoms with Gasteiger partial charge in [0.05, 0.1) is 0 Å². The molecule has 0 amide bonds. The van der Waals surface area contributed by atoms with Gasteiger partial charge in [-0.2, -0.15) is 11.1 Å². The molecule has 0 fully saturated rings. The summed E-state index contributed by atoms with van der Waals surface area (Å²) in [6, 6.07) is 0. The Hall–Kier alpha value is -0.912. The van der Waals surface area contributed by atoms with Crippen molar-refractivity contribution in [1.82, 2.24) is 0 Å². The largest absolute Gasteiger partial charge is 0.227 e. The van der Waals surface area contributed by atoms with E-state index in [2.05, 4.69) is 167 Å². The van der Waals surface area contributed by atoms with Crippen molar-refractivity contribution in [2.45, 2.75) is 94.9 Å². The van der Waals surface area contributed by atoms with Crippen LogP contribution in [0, 0.1) is 23.7 Å². The third kappa shape index (κ3) is 14.7. The van der Waals surface area contributed by atoms with Gasteiger partial charge in [0.2, 0.25) is 0 Å². The summed E-state index contributed by atoms with van der Waals surface area (Å²) in [5.41, 5.74) is 11.3. The van der Waals surface area contributed by atoms with Crippen LogP contribution in [0.3, 0.4) is 0 Å². The molecule has 0 aromatic rings.